The molecular formula is C14H30N2S. The Morgan fingerprint density at radius 3 is 2.35 bits per heavy atom. The van der Waals surface area contributed by atoms with E-state index in [0.29, 0.717) is 11.0 Å². The molecule has 0 radical (unpaired) electrons. The third kappa shape index (κ3) is 8.56. The van der Waals surface area contributed by atoms with Crippen LogP contribution in [0.5, 0.6) is 0 Å². The molecule has 0 aromatic rings. The second-order valence-corrected chi connectivity index (χ2v) is 5.75. The normalized spacial score (nSPS) is 13.3. The maximum atomic E-state index is 5.59. The van der Waals surface area contributed by atoms with Crippen LogP contribution in [-0.2, 0) is 0 Å². The number of hydrogen-bond donors (Lipinski definition) is 1. The van der Waals surface area contributed by atoms with Gasteiger partial charge in [0.2, 0.25) is 0 Å². The Balaban J connectivity index is 4.14. The first-order valence-electron chi connectivity index (χ1n) is 7.03. The standard InChI is InChI=1S/C14H30N2S/c1-5-7-8-13(6-2)11-16(12(3)4)10-9-14(15)17/h12-13H,5-11H2,1-4H3,(H2,15,17). The summed E-state index contributed by atoms with van der Waals surface area (Å²) in [7, 11) is 0. The Morgan fingerprint density at radius 2 is 1.94 bits per heavy atom. The fourth-order valence-corrected chi connectivity index (χ4v) is 2.15. The van der Waals surface area contributed by atoms with Gasteiger partial charge in [0.15, 0.2) is 0 Å². The van der Waals surface area contributed by atoms with Gasteiger partial charge in [-0.15, -0.1) is 0 Å². The number of nitrogens with zero attached hydrogens (tertiary/aromatic N) is 1. The number of hydrogen-bond acceptors (Lipinski definition) is 2. The highest BCUT2D eigenvalue weighted by Crippen LogP contribution is 2.16. The molecule has 0 saturated heterocycles. The highest BCUT2D eigenvalue weighted by molar-refractivity contribution is 7.80. The van der Waals surface area contributed by atoms with E-state index in [4.69, 9.17) is 18.0 Å². The van der Waals surface area contributed by atoms with E-state index in [1.807, 2.05) is 0 Å². The minimum atomic E-state index is 0.583. The monoisotopic (exact) mass is 258 g/mol. The number of unbranched alkanes of at least 4 members (excludes halogenated alkanes) is 1. The Kier molecular flexibility index (Phi) is 9.75. The van der Waals surface area contributed by atoms with Gasteiger partial charge >= 0.3 is 0 Å². The van der Waals surface area contributed by atoms with E-state index in [1.54, 1.807) is 0 Å². The maximum Gasteiger partial charge on any atom is 0.0740 e. The van der Waals surface area contributed by atoms with E-state index in [9.17, 15) is 0 Å². The number of rotatable bonds is 10. The predicted molar refractivity (Wildman–Crippen MR) is 81.4 cm³/mol. The van der Waals surface area contributed by atoms with Gasteiger partial charge in [0.25, 0.3) is 0 Å². The molecule has 0 aliphatic rings. The number of thiocarbonyl (C=S) groups is 1. The smallest absolute Gasteiger partial charge is 0.0740 e. The van der Waals surface area contributed by atoms with E-state index < -0.39 is 0 Å². The van der Waals surface area contributed by atoms with Crippen LogP contribution in [0.15, 0.2) is 0 Å². The Hall–Kier alpha value is -0.150. The molecule has 0 bridgehead atoms. The van der Waals surface area contributed by atoms with Gasteiger partial charge in [-0.2, -0.15) is 0 Å². The fourth-order valence-electron chi connectivity index (χ4n) is 2.06. The minimum absolute atomic E-state index is 0.583. The first-order chi connectivity index (χ1) is 8.01. The SMILES string of the molecule is CCCCC(CC)CN(CCC(N)=S)C(C)C. The second kappa shape index (κ2) is 9.84. The second-order valence-electron chi connectivity index (χ2n) is 5.22. The summed E-state index contributed by atoms with van der Waals surface area (Å²) < 4.78 is 0. The molecule has 0 aromatic heterocycles. The molecule has 0 aromatic carbocycles. The summed E-state index contributed by atoms with van der Waals surface area (Å²) in [5.74, 6) is 0.823. The molecule has 3 heteroatoms. The van der Waals surface area contributed by atoms with Gasteiger partial charge in [0.1, 0.15) is 0 Å². The van der Waals surface area contributed by atoms with E-state index in [0.717, 1.165) is 18.9 Å². The summed E-state index contributed by atoms with van der Waals surface area (Å²) in [6, 6.07) is 0.583. The molecule has 0 spiro atoms. The molecule has 102 valence electrons. The zero-order chi connectivity index (χ0) is 13.3. The van der Waals surface area contributed by atoms with Crippen molar-refractivity contribution >= 4 is 17.2 Å². The van der Waals surface area contributed by atoms with Gasteiger partial charge < -0.3 is 10.6 Å². The van der Waals surface area contributed by atoms with Crippen molar-refractivity contribution < 1.29 is 0 Å². The molecule has 0 amide bonds. The summed E-state index contributed by atoms with van der Waals surface area (Å²) in [4.78, 5) is 3.15. The summed E-state index contributed by atoms with van der Waals surface area (Å²) >= 11 is 4.96. The molecule has 2 N–H and O–H groups in total. The van der Waals surface area contributed by atoms with Crippen molar-refractivity contribution in [3.8, 4) is 0 Å². The molecule has 0 saturated carbocycles. The van der Waals surface area contributed by atoms with Crippen molar-refractivity contribution in [1.82, 2.24) is 4.90 Å². The molecule has 2 nitrogen and oxygen atoms in total. The highest BCUT2D eigenvalue weighted by atomic mass is 32.1. The van der Waals surface area contributed by atoms with Crippen LogP contribution in [0.4, 0.5) is 0 Å². The van der Waals surface area contributed by atoms with Gasteiger partial charge in [-0.1, -0.05) is 45.3 Å². The van der Waals surface area contributed by atoms with Crippen LogP contribution in [0, 0.1) is 5.92 Å². The van der Waals surface area contributed by atoms with Crippen LogP contribution in [-0.4, -0.2) is 29.0 Å². The Morgan fingerprint density at radius 1 is 1.29 bits per heavy atom. The van der Waals surface area contributed by atoms with Crippen molar-refractivity contribution in [2.75, 3.05) is 13.1 Å². The van der Waals surface area contributed by atoms with Crippen molar-refractivity contribution in [3.05, 3.63) is 0 Å². The van der Waals surface area contributed by atoms with Crippen LogP contribution in [0.25, 0.3) is 0 Å². The fraction of sp³-hybridized carbons (Fsp3) is 0.929. The molecule has 0 rings (SSSR count). The lowest BCUT2D eigenvalue weighted by Gasteiger charge is -2.30. The van der Waals surface area contributed by atoms with E-state index in [1.165, 1.54) is 32.2 Å². The van der Waals surface area contributed by atoms with E-state index >= 15 is 0 Å². The molecule has 0 aliphatic heterocycles. The van der Waals surface area contributed by atoms with Crippen LogP contribution in [0.3, 0.4) is 0 Å². The average molecular weight is 258 g/mol. The van der Waals surface area contributed by atoms with Gasteiger partial charge in [0.05, 0.1) is 4.99 Å². The third-order valence-electron chi connectivity index (χ3n) is 3.41. The molecule has 0 heterocycles. The summed E-state index contributed by atoms with van der Waals surface area (Å²) in [6.45, 7) is 11.3. The van der Waals surface area contributed by atoms with Crippen molar-refractivity contribution in [2.45, 2.75) is 65.8 Å². The lowest BCUT2D eigenvalue weighted by molar-refractivity contribution is 0.183. The molecule has 1 atom stereocenters. The van der Waals surface area contributed by atoms with Gasteiger partial charge in [-0.05, 0) is 26.2 Å². The summed E-state index contributed by atoms with van der Waals surface area (Å²) in [6.07, 6.45) is 6.11. The quantitative estimate of drug-likeness (QED) is 0.607. The average Bonchev–Trinajstić information content (AvgIpc) is 2.27. The van der Waals surface area contributed by atoms with Crippen molar-refractivity contribution in [2.24, 2.45) is 11.7 Å². The molecule has 1 unspecified atom stereocenters. The van der Waals surface area contributed by atoms with Crippen LogP contribution < -0.4 is 5.73 Å². The van der Waals surface area contributed by atoms with Crippen LogP contribution in [0.2, 0.25) is 0 Å². The molecule has 0 aliphatic carbocycles. The third-order valence-corrected chi connectivity index (χ3v) is 3.62. The lowest BCUT2D eigenvalue weighted by atomic mass is 9.98. The molecule has 17 heavy (non-hydrogen) atoms. The Bertz CT molecular complexity index is 204. The molecular weight excluding hydrogens is 228 g/mol. The highest BCUT2D eigenvalue weighted by Gasteiger charge is 2.15. The van der Waals surface area contributed by atoms with E-state index in [2.05, 4.69) is 32.6 Å². The molecule has 0 fully saturated rings. The first-order valence-corrected chi connectivity index (χ1v) is 7.44. The predicted octanol–water partition coefficient (Wildman–Crippen LogP) is 3.59. The van der Waals surface area contributed by atoms with Gasteiger partial charge in [0, 0.05) is 25.6 Å². The van der Waals surface area contributed by atoms with Gasteiger partial charge in [-0.25, -0.2) is 0 Å². The zero-order valence-electron chi connectivity index (χ0n) is 12.0. The maximum absolute atomic E-state index is 5.59. The number of nitrogens with two attached hydrogens (primary N) is 1. The summed E-state index contributed by atoms with van der Waals surface area (Å²) in [5.41, 5.74) is 5.59. The van der Waals surface area contributed by atoms with Gasteiger partial charge in [-0.3, -0.25) is 0 Å². The van der Waals surface area contributed by atoms with Crippen molar-refractivity contribution in [1.29, 1.82) is 0 Å². The van der Waals surface area contributed by atoms with Crippen LogP contribution >= 0.6 is 12.2 Å². The lowest BCUT2D eigenvalue weighted by Crippen LogP contribution is -2.37. The van der Waals surface area contributed by atoms with E-state index in [-0.39, 0.29) is 0 Å². The first kappa shape index (κ1) is 16.9. The van der Waals surface area contributed by atoms with Crippen LogP contribution in [0.1, 0.15) is 59.8 Å². The topological polar surface area (TPSA) is 29.3 Å². The largest absolute Gasteiger partial charge is 0.393 e. The minimum Gasteiger partial charge on any atom is -0.393 e. The zero-order valence-corrected chi connectivity index (χ0v) is 12.9. The van der Waals surface area contributed by atoms with Crippen molar-refractivity contribution in [3.63, 3.8) is 0 Å². The Labute approximate surface area is 113 Å². The summed E-state index contributed by atoms with van der Waals surface area (Å²) in [5, 5.41) is 0.